The lowest BCUT2D eigenvalue weighted by molar-refractivity contribution is -0.155. The van der Waals surface area contributed by atoms with E-state index in [9.17, 15) is 18.0 Å². The number of benzene rings is 1. The number of ether oxygens (including phenoxy) is 2. The second-order valence-corrected chi connectivity index (χ2v) is 7.36. The van der Waals surface area contributed by atoms with E-state index in [-0.39, 0.29) is 10.5 Å². The highest BCUT2D eigenvalue weighted by Crippen LogP contribution is 2.10. The molecule has 0 aliphatic heterocycles. The molecule has 0 saturated carbocycles. The van der Waals surface area contributed by atoms with Crippen LogP contribution in [0.5, 0.6) is 0 Å². The highest BCUT2D eigenvalue weighted by molar-refractivity contribution is 7.89. The van der Waals surface area contributed by atoms with Gasteiger partial charge in [-0.25, -0.2) is 18.4 Å². The van der Waals surface area contributed by atoms with Crippen molar-refractivity contribution in [1.29, 1.82) is 0 Å². The van der Waals surface area contributed by atoms with Crippen molar-refractivity contribution in [2.75, 3.05) is 13.2 Å². The number of Topliss-reactive ketones (excluding diaryl/α,β-unsaturated/α-hetero) is 1. The van der Waals surface area contributed by atoms with Gasteiger partial charge in [-0.15, -0.1) is 0 Å². The van der Waals surface area contributed by atoms with E-state index in [0.717, 1.165) is 6.42 Å². The summed E-state index contributed by atoms with van der Waals surface area (Å²) in [7, 11) is -3.81. The van der Waals surface area contributed by atoms with E-state index in [1.165, 1.54) is 24.3 Å². The summed E-state index contributed by atoms with van der Waals surface area (Å²) in [5.74, 6) is -0.595. The molecular formula is C16H23NO6S. The zero-order valence-corrected chi connectivity index (χ0v) is 14.8. The Kier molecular flexibility index (Phi) is 7.53. The molecular weight excluding hydrogens is 334 g/mol. The smallest absolute Gasteiger partial charge is 0.335 e. The van der Waals surface area contributed by atoms with Gasteiger partial charge >= 0.3 is 5.97 Å². The van der Waals surface area contributed by atoms with Crippen molar-refractivity contribution < 1.29 is 27.5 Å². The van der Waals surface area contributed by atoms with Crippen molar-refractivity contribution in [2.45, 2.75) is 38.2 Å². The Balaban J connectivity index is 2.49. The van der Waals surface area contributed by atoms with E-state index in [2.05, 4.69) is 0 Å². The van der Waals surface area contributed by atoms with Gasteiger partial charge in [-0.2, -0.15) is 0 Å². The van der Waals surface area contributed by atoms with Crippen LogP contribution in [-0.4, -0.2) is 39.5 Å². The van der Waals surface area contributed by atoms with E-state index in [1.54, 1.807) is 6.92 Å². The molecule has 1 atom stereocenters. The maximum Gasteiger partial charge on any atom is 0.335 e. The lowest BCUT2D eigenvalue weighted by Crippen LogP contribution is -2.26. The SMILES string of the molecule is CC(C)CCOC(C)C(=O)OCC(=O)c1ccc(S(N)(=O)=O)cc1. The summed E-state index contributed by atoms with van der Waals surface area (Å²) in [5.41, 5.74) is 0.226. The maximum absolute atomic E-state index is 11.9. The summed E-state index contributed by atoms with van der Waals surface area (Å²) in [5, 5.41) is 4.98. The Hall–Kier alpha value is -1.77. The van der Waals surface area contributed by atoms with Crippen LogP contribution in [0.15, 0.2) is 29.2 Å². The van der Waals surface area contributed by atoms with Crippen molar-refractivity contribution in [3.8, 4) is 0 Å². The first-order valence-corrected chi connectivity index (χ1v) is 9.10. The molecule has 1 aromatic carbocycles. The Morgan fingerprint density at radius 3 is 2.21 bits per heavy atom. The fraction of sp³-hybridized carbons (Fsp3) is 0.500. The third kappa shape index (κ3) is 6.77. The number of primary sulfonamides is 1. The molecule has 0 fully saturated rings. The summed E-state index contributed by atoms with van der Waals surface area (Å²) >= 11 is 0. The van der Waals surface area contributed by atoms with E-state index < -0.39 is 34.5 Å². The fourth-order valence-electron chi connectivity index (χ4n) is 1.72. The summed E-state index contributed by atoms with van der Waals surface area (Å²) in [6.07, 6.45) is 0.0776. The minimum atomic E-state index is -3.81. The second-order valence-electron chi connectivity index (χ2n) is 5.80. The average Bonchev–Trinajstić information content (AvgIpc) is 2.51. The Labute approximate surface area is 142 Å². The Morgan fingerprint density at radius 1 is 1.12 bits per heavy atom. The van der Waals surface area contributed by atoms with Gasteiger partial charge in [0.05, 0.1) is 4.90 Å². The van der Waals surface area contributed by atoms with Gasteiger partial charge in [-0.1, -0.05) is 13.8 Å². The molecule has 7 nitrogen and oxygen atoms in total. The number of esters is 1. The third-order valence-electron chi connectivity index (χ3n) is 3.25. The lowest BCUT2D eigenvalue weighted by atomic mass is 10.1. The number of carbonyl (C=O) groups is 2. The van der Waals surface area contributed by atoms with Gasteiger partial charge < -0.3 is 9.47 Å². The lowest BCUT2D eigenvalue weighted by Gasteiger charge is -2.13. The van der Waals surface area contributed by atoms with Crippen LogP contribution in [0.3, 0.4) is 0 Å². The van der Waals surface area contributed by atoms with Crippen LogP contribution in [0.1, 0.15) is 37.6 Å². The quantitative estimate of drug-likeness (QED) is 0.529. The Morgan fingerprint density at radius 2 is 1.71 bits per heavy atom. The van der Waals surface area contributed by atoms with E-state index >= 15 is 0 Å². The largest absolute Gasteiger partial charge is 0.455 e. The van der Waals surface area contributed by atoms with Crippen LogP contribution in [0.4, 0.5) is 0 Å². The molecule has 134 valence electrons. The van der Waals surface area contributed by atoms with Crippen molar-refractivity contribution >= 4 is 21.8 Å². The minimum Gasteiger partial charge on any atom is -0.455 e. The standard InChI is InChI=1S/C16H23NO6S/c1-11(2)8-9-22-12(3)16(19)23-10-15(18)13-4-6-14(7-5-13)24(17,20)21/h4-7,11-12H,8-10H2,1-3H3,(H2,17,20,21). The molecule has 0 radical (unpaired) electrons. The summed E-state index contributed by atoms with van der Waals surface area (Å²) < 4.78 is 32.5. The number of hydrogen-bond donors (Lipinski definition) is 1. The molecule has 1 aromatic rings. The molecule has 0 amide bonds. The summed E-state index contributed by atoms with van der Waals surface area (Å²) in [6, 6.07) is 5.08. The molecule has 0 aliphatic carbocycles. The van der Waals surface area contributed by atoms with E-state index in [1.807, 2.05) is 13.8 Å². The predicted octanol–water partition coefficient (Wildman–Crippen LogP) is 1.51. The van der Waals surface area contributed by atoms with Gasteiger partial charge in [0, 0.05) is 12.2 Å². The fourth-order valence-corrected chi connectivity index (χ4v) is 2.23. The van der Waals surface area contributed by atoms with Crippen LogP contribution in [-0.2, 0) is 24.3 Å². The van der Waals surface area contributed by atoms with Crippen molar-refractivity contribution in [3.05, 3.63) is 29.8 Å². The maximum atomic E-state index is 11.9. The monoisotopic (exact) mass is 357 g/mol. The molecule has 0 saturated heterocycles. The highest BCUT2D eigenvalue weighted by atomic mass is 32.2. The van der Waals surface area contributed by atoms with Crippen molar-refractivity contribution in [2.24, 2.45) is 11.1 Å². The molecule has 0 aromatic heterocycles. The third-order valence-corrected chi connectivity index (χ3v) is 4.17. The second kappa shape index (κ2) is 8.91. The van der Waals surface area contributed by atoms with Gasteiger partial charge in [0.15, 0.2) is 18.5 Å². The van der Waals surface area contributed by atoms with Crippen LogP contribution < -0.4 is 5.14 Å². The molecule has 8 heteroatoms. The zero-order valence-electron chi connectivity index (χ0n) is 14.0. The molecule has 1 rings (SSSR count). The Bertz CT molecular complexity index is 666. The molecule has 2 N–H and O–H groups in total. The van der Waals surface area contributed by atoms with E-state index in [0.29, 0.717) is 12.5 Å². The van der Waals surface area contributed by atoms with Crippen LogP contribution in [0.25, 0.3) is 0 Å². The number of nitrogens with two attached hydrogens (primary N) is 1. The van der Waals surface area contributed by atoms with Crippen molar-refractivity contribution in [1.82, 2.24) is 0 Å². The predicted molar refractivity (Wildman–Crippen MR) is 88.0 cm³/mol. The molecule has 24 heavy (non-hydrogen) atoms. The van der Waals surface area contributed by atoms with Gasteiger partial charge in [0.25, 0.3) is 0 Å². The van der Waals surface area contributed by atoms with Crippen LogP contribution in [0, 0.1) is 5.92 Å². The minimum absolute atomic E-state index is 0.0942. The van der Waals surface area contributed by atoms with Gasteiger partial charge in [0.1, 0.15) is 0 Å². The molecule has 0 heterocycles. The van der Waals surface area contributed by atoms with Gasteiger partial charge in [-0.3, -0.25) is 4.79 Å². The summed E-state index contributed by atoms with van der Waals surface area (Å²) in [4.78, 5) is 23.6. The first kappa shape index (κ1) is 20.3. The van der Waals surface area contributed by atoms with Crippen molar-refractivity contribution in [3.63, 3.8) is 0 Å². The van der Waals surface area contributed by atoms with Gasteiger partial charge in [-0.05, 0) is 43.5 Å². The van der Waals surface area contributed by atoms with Gasteiger partial charge in [0.2, 0.25) is 10.0 Å². The first-order chi connectivity index (χ1) is 11.1. The first-order valence-electron chi connectivity index (χ1n) is 7.55. The number of carbonyl (C=O) groups excluding carboxylic acids is 2. The molecule has 0 spiro atoms. The molecule has 1 unspecified atom stereocenters. The van der Waals surface area contributed by atoms with E-state index in [4.69, 9.17) is 14.6 Å². The average molecular weight is 357 g/mol. The van der Waals surface area contributed by atoms with Crippen LogP contribution >= 0.6 is 0 Å². The number of rotatable bonds is 9. The summed E-state index contributed by atoms with van der Waals surface area (Å²) in [6.45, 7) is 5.66. The molecule has 0 aliphatic rings. The zero-order chi connectivity index (χ0) is 18.3. The number of hydrogen-bond acceptors (Lipinski definition) is 6. The number of ketones is 1. The molecule has 0 bridgehead atoms. The number of sulfonamides is 1. The topological polar surface area (TPSA) is 113 Å². The highest BCUT2D eigenvalue weighted by Gasteiger charge is 2.17. The van der Waals surface area contributed by atoms with Crippen LogP contribution in [0.2, 0.25) is 0 Å². The normalized spacial score (nSPS) is 12.9.